The molecule has 4 nitrogen and oxygen atoms in total. The second kappa shape index (κ2) is 6.70. The maximum Gasteiger partial charge on any atom is 0.122 e. The third kappa shape index (κ3) is 3.57. The first kappa shape index (κ1) is 14.1. The van der Waals surface area contributed by atoms with E-state index in [1.165, 1.54) is 0 Å². The highest BCUT2D eigenvalue weighted by atomic mass is 16.5. The Balaban J connectivity index is 2.05. The zero-order chi connectivity index (χ0) is 14.4. The summed E-state index contributed by atoms with van der Waals surface area (Å²) in [5, 5.41) is 4.41. The van der Waals surface area contributed by atoms with Crippen molar-refractivity contribution < 1.29 is 14.2 Å². The minimum Gasteiger partial charge on any atom is -0.497 e. The molecule has 2 rings (SSSR count). The fourth-order valence-electron chi connectivity index (χ4n) is 1.72. The van der Waals surface area contributed by atoms with Gasteiger partial charge in [0.1, 0.15) is 23.8 Å². The van der Waals surface area contributed by atoms with Gasteiger partial charge in [0, 0.05) is 6.07 Å². The smallest absolute Gasteiger partial charge is 0.122 e. The molecule has 0 saturated heterocycles. The van der Waals surface area contributed by atoms with Gasteiger partial charge < -0.3 is 14.2 Å². The first-order valence-electron chi connectivity index (χ1n) is 6.16. The van der Waals surface area contributed by atoms with E-state index in [9.17, 15) is 0 Å². The molecular weight excluding hydrogens is 254 g/mol. The third-order valence-corrected chi connectivity index (χ3v) is 2.81. The van der Waals surface area contributed by atoms with Gasteiger partial charge in [0.2, 0.25) is 0 Å². The molecule has 20 heavy (non-hydrogen) atoms. The summed E-state index contributed by atoms with van der Waals surface area (Å²) in [4.78, 5) is 0. The zero-order valence-electron chi connectivity index (χ0n) is 11.8. The Bertz CT molecular complexity index is 530. The highest BCUT2D eigenvalue weighted by molar-refractivity contribution is 5.45. The third-order valence-electron chi connectivity index (χ3n) is 2.81. The molecule has 4 heteroatoms. The minimum atomic E-state index is 0.737. The second-order valence-corrected chi connectivity index (χ2v) is 4.10. The molecule has 0 aliphatic carbocycles. The van der Waals surface area contributed by atoms with Crippen LogP contribution in [-0.2, 0) is 0 Å². The molecule has 0 spiro atoms. The summed E-state index contributed by atoms with van der Waals surface area (Å²) in [6, 6.07) is 13.2. The van der Waals surface area contributed by atoms with E-state index in [-0.39, 0.29) is 0 Å². The molecule has 0 heterocycles. The first-order chi connectivity index (χ1) is 9.75. The van der Waals surface area contributed by atoms with Crippen LogP contribution in [0.4, 0.5) is 5.69 Å². The van der Waals surface area contributed by atoms with Gasteiger partial charge in [-0.15, -0.1) is 0 Å². The van der Waals surface area contributed by atoms with Crippen LogP contribution in [-0.4, -0.2) is 21.3 Å². The molecule has 0 aliphatic rings. The van der Waals surface area contributed by atoms with Crippen molar-refractivity contribution in [2.75, 3.05) is 21.3 Å². The van der Waals surface area contributed by atoms with Crippen LogP contribution >= 0.6 is 0 Å². The summed E-state index contributed by atoms with van der Waals surface area (Å²) < 4.78 is 15.6. The topological polar surface area (TPSA) is 41.8 Å². The number of ether oxygens (including phenoxy) is 3. The Kier molecular flexibility index (Phi) is 4.71. The summed E-state index contributed by atoms with van der Waals surface area (Å²) >= 11 is 0. The monoisotopic (exact) mass is 271 g/mol. The molecule has 104 valence electrons. The minimum absolute atomic E-state index is 0.737. The molecule has 2 radical (unpaired) electrons. The lowest BCUT2D eigenvalue weighted by Gasteiger charge is -2.08. The van der Waals surface area contributed by atoms with Gasteiger partial charge in [0.05, 0.1) is 27.0 Å². The fourth-order valence-corrected chi connectivity index (χ4v) is 1.72. The summed E-state index contributed by atoms with van der Waals surface area (Å²) in [7, 11) is 4.89. The van der Waals surface area contributed by atoms with E-state index in [1.54, 1.807) is 27.9 Å². The highest BCUT2D eigenvalue weighted by Gasteiger charge is 2.03. The van der Waals surface area contributed by atoms with Gasteiger partial charge in [-0.05, 0) is 42.0 Å². The van der Waals surface area contributed by atoms with Crippen LogP contribution in [0.1, 0.15) is 5.56 Å². The maximum atomic E-state index is 5.22. The van der Waals surface area contributed by atoms with Crippen LogP contribution in [0.25, 0.3) is 0 Å². The van der Waals surface area contributed by atoms with E-state index in [0.29, 0.717) is 0 Å². The molecule has 0 unspecified atom stereocenters. The van der Waals surface area contributed by atoms with Crippen LogP contribution in [0.2, 0.25) is 0 Å². The number of nitrogens with zero attached hydrogens (tertiary/aromatic N) is 1. The summed E-state index contributed by atoms with van der Waals surface area (Å²) in [6.07, 6.45) is 0. The van der Waals surface area contributed by atoms with Gasteiger partial charge in [0.15, 0.2) is 0 Å². The molecular formula is C16H17NO3. The lowest BCUT2D eigenvalue weighted by Crippen LogP contribution is -1.97. The van der Waals surface area contributed by atoms with Crippen LogP contribution < -0.4 is 19.5 Å². The van der Waals surface area contributed by atoms with E-state index >= 15 is 0 Å². The van der Waals surface area contributed by atoms with E-state index in [2.05, 4.69) is 5.32 Å². The first-order valence-corrected chi connectivity index (χ1v) is 6.16. The van der Waals surface area contributed by atoms with Gasteiger partial charge in [-0.3, -0.25) is 5.32 Å². The molecule has 0 bridgehead atoms. The van der Waals surface area contributed by atoms with Crippen LogP contribution in [0, 0.1) is 6.54 Å². The van der Waals surface area contributed by atoms with Crippen molar-refractivity contribution in [3.8, 4) is 17.2 Å². The zero-order valence-corrected chi connectivity index (χ0v) is 11.8. The number of rotatable bonds is 6. The molecule has 0 aromatic heterocycles. The van der Waals surface area contributed by atoms with E-state index in [1.807, 2.05) is 42.5 Å². The van der Waals surface area contributed by atoms with E-state index in [0.717, 1.165) is 28.5 Å². The molecule has 0 fully saturated rings. The maximum absolute atomic E-state index is 5.22. The molecule has 0 aliphatic heterocycles. The van der Waals surface area contributed by atoms with Crippen LogP contribution in [0.3, 0.4) is 0 Å². The van der Waals surface area contributed by atoms with Crippen molar-refractivity contribution in [3.63, 3.8) is 0 Å². The lowest BCUT2D eigenvalue weighted by atomic mass is 10.2. The predicted molar refractivity (Wildman–Crippen MR) is 77.7 cm³/mol. The summed E-state index contributed by atoms with van der Waals surface area (Å²) in [5.41, 5.74) is 1.77. The Morgan fingerprint density at radius 2 is 1.30 bits per heavy atom. The Morgan fingerprint density at radius 1 is 0.750 bits per heavy atom. The number of methoxy groups -OCH3 is 3. The largest absolute Gasteiger partial charge is 0.497 e. The van der Waals surface area contributed by atoms with Gasteiger partial charge in [-0.1, -0.05) is 0 Å². The van der Waals surface area contributed by atoms with E-state index < -0.39 is 0 Å². The Hall–Kier alpha value is -2.36. The standard InChI is InChI=1S/C16H17NO3/c1-18-14-6-4-13(5-7-14)17-11-12-8-15(19-2)10-16(9-12)20-3/h4-11H,1-3H3. The van der Waals surface area contributed by atoms with Crippen molar-refractivity contribution in [2.24, 2.45) is 0 Å². The van der Waals surface area contributed by atoms with Crippen molar-refractivity contribution in [1.29, 1.82) is 0 Å². The lowest BCUT2D eigenvalue weighted by molar-refractivity contribution is 0.394. The predicted octanol–water partition coefficient (Wildman–Crippen LogP) is 3.16. The number of benzene rings is 2. The molecule has 2 aromatic carbocycles. The second-order valence-electron chi connectivity index (χ2n) is 4.10. The van der Waals surface area contributed by atoms with Gasteiger partial charge in [-0.2, -0.15) is 0 Å². The van der Waals surface area contributed by atoms with Crippen LogP contribution in [0.15, 0.2) is 42.5 Å². The van der Waals surface area contributed by atoms with Crippen molar-refractivity contribution in [3.05, 3.63) is 54.6 Å². The molecule has 0 N–H and O–H groups in total. The molecule has 0 atom stereocenters. The quantitative estimate of drug-likeness (QED) is 0.810. The van der Waals surface area contributed by atoms with Gasteiger partial charge >= 0.3 is 0 Å². The average molecular weight is 271 g/mol. The average Bonchev–Trinajstić information content (AvgIpc) is 2.53. The molecule has 0 saturated carbocycles. The summed E-state index contributed by atoms with van der Waals surface area (Å²) in [5.74, 6) is 2.29. The molecule has 0 amide bonds. The molecule has 2 aromatic rings. The van der Waals surface area contributed by atoms with E-state index in [4.69, 9.17) is 14.2 Å². The SMILES string of the molecule is COc1ccc([N][CH]c2cc(OC)cc(OC)c2)cc1. The van der Waals surface area contributed by atoms with Crippen molar-refractivity contribution in [1.82, 2.24) is 5.32 Å². The van der Waals surface area contributed by atoms with Gasteiger partial charge in [-0.25, -0.2) is 0 Å². The summed E-state index contributed by atoms with van der Waals surface area (Å²) in [6.45, 7) is 1.77. The Labute approximate surface area is 119 Å². The number of hydrogen-bond donors (Lipinski definition) is 0. The number of hydrogen-bond acceptors (Lipinski definition) is 3. The Morgan fingerprint density at radius 3 is 1.80 bits per heavy atom. The highest BCUT2D eigenvalue weighted by Crippen LogP contribution is 2.24. The van der Waals surface area contributed by atoms with Crippen molar-refractivity contribution >= 4 is 5.69 Å². The fraction of sp³-hybridized carbons (Fsp3) is 0.188. The normalized spacial score (nSPS) is 9.95. The van der Waals surface area contributed by atoms with Crippen molar-refractivity contribution in [2.45, 2.75) is 0 Å². The van der Waals surface area contributed by atoms with Crippen LogP contribution in [0.5, 0.6) is 17.2 Å². The van der Waals surface area contributed by atoms with Gasteiger partial charge in [0.25, 0.3) is 0 Å².